The molecule has 0 radical (unpaired) electrons. The van der Waals surface area contributed by atoms with Gasteiger partial charge in [0.05, 0.1) is 6.04 Å². The molecule has 2 rings (SSSR count). The molecule has 2 fully saturated rings. The molecule has 19 heavy (non-hydrogen) atoms. The second kappa shape index (κ2) is 6.25. The van der Waals surface area contributed by atoms with Crippen LogP contribution in [-0.2, 0) is 4.79 Å². The van der Waals surface area contributed by atoms with Crippen molar-refractivity contribution in [2.24, 2.45) is 5.41 Å². The van der Waals surface area contributed by atoms with Gasteiger partial charge in [-0.25, -0.2) is 0 Å². The molecule has 1 atom stereocenters. The SMILES string of the molecule is CC(NC1CCC(C)(C)CC1)C(=O)NC1CCCC1. The molecule has 2 saturated carbocycles. The van der Waals surface area contributed by atoms with Crippen LogP contribution in [-0.4, -0.2) is 24.0 Å². The zero-order chi connectivity index (χ0) is 13.9. The Morgan fingerprint density at radius 1 is 1.05 bits per heavy atom. The predicted molar refractivity (Wildman–Crippen MR) is 79.0 cm³/mol. The maximum absolute atomic E-state index is 12.1. The van der Waals surface area contributed by atoms with Crippen LogP contribution in [0.15, 0.2) is 0 Å². The van der Waals surface area contributed by atoms with Crippen LogP contribution >= 0.6 is 0 Å². The largest absolute Gasteiger partial charge is 0.352 e. The maximum Gasteiger partial charge on any atom is 0.237 e. The lowest BCUT2D eigenvalue weighted by Gasteiger charge is -2.35. The standard InChI is InChI=1S/C16H30N2O/c1-12(15(19)18-13-6-4-5-7-13)17-14-8-10-16(2,3)11-9-14/h12-14,17H,4-11H2,1-3H3,(H,18,19). The number of carbonyl (C=O) groups excluding carboxylic acids is 1. The van der Waals surface area contributed by atoms with E-state index in [1.165, 1.54) is 38.5 Å². The highest BCUT2D eigenvalue weighted by Crippen LogP contribution is 2.35. The molecule has 2 aliphatic rings. The molecule has 3 nitrogen and oxygen atoms in total. The van der Waals surface area contributed by atoms with Crippen LogP contribution < -0.4 is 10.6 Å². The van der Waals surface area contributed by atoms with Gasteiger partial charge in [0.15, 0.2) is 0 Å². The monoisotopic (exact) mass is 266 g/mol. The molecule has 0 bridgehead atoms. The van der Waals surface area contributed by atoms with Crippen LogP contribution in [0.2, 0.25) is 0 Å². The molecular weight excluding hydrogens is 236 g/mol. The van der Waals surface area contributed by atoms with Gasteiger partial charge in [-0.3, -0.25) is 4.79 Å². The first-order chi connectivity index (χ1) is 8.96. The summed E-state index contributed by atoms with van der Waals surface area (Å²) in [5.74, 6) is 0.191. The zero-order valence-electron chi connectivity index (χ0n) is 12.8. The molecule has 2 N–H and O–H groups in total. The topological polar surface area (TPSA) is 41.1 Å². The molecule has 0 spiro atoms. The van der Waals surface area contributed by atoms with Gasteiger partial charge in [-0.05, 0) is 50.9 Å². The lowest BCUT2D eigenvalue weighted by Crippen LogP contribution is -2.50. The highest BCUT2D eigenvalue weighted by Gasteiger charge is 2.29. The van der Waals surface area contributed by atoms with Gasteiger partial charge in [0.2, 0.25) is 5.91 Å². The Morgan fingerprint density at radius 3 is 2.21 bits per heavy atom. The van der Waals surface area contributed by atoms with Gasteiger partial charge in [0, 0.05) is 12.1 Å². The number of nitrogens with one attached hydrogen (secondary N) is 2. The van der Waals surface area contributed by atoms with Crippen molar-refractivity contribution in [2.45, 2.75) is 90.3 Å². The zero-order valence-corrected chi connectivity index (χ0v) is 12.8. The van der Waals surface area contributed by atoms with E-state index in [4.69, 9.17) is 0 Å². The fraction of sp³-hybridized carbons (Fsp3) is 0.938. The molecule has 0 aromatic rings. The van der Waals surface area contributed by atoms with Crippen molar-refractivity contribution in [3.8, 4) is 0 Å². The summed E-state index contributed by atoms with van der Waals surface area (Å²) in [6.07, 6.45) is 9.80. The fourth-order valence-corrected chi connectivity index (χ4v) is 3.39. The average Bonchev–Trinajstić information content (AvgIpc) is 2.84. The smallest absolute Gasteiger partial charge is 0.237 e. The lowest BCUT2D eigenvalue weighted by molar-refractivity contribution is -0.123. The minimum atomic E-state index is -0.0492. The summed E-state index contributed by atoms with van der Waals surface area (Å²) in [6, 6.07) is 0.909. The fourth-order valence-electron chi connectivity index (χ4n) is 3.39. The van der Waals surface area contributed by atoms with Crippen LogP contribution in [0.1, 0.15) is 72.1 Å². The maximum atomic E-state index is 12.1. The van der Waals surface area contributed by atoms with Gasteiger partial charge in [0.25, 0.3) is 0 Å². The van der Waals surface area contributed by atoms with Crippen molar-refractivity contribution >= 4 is 5.91 Å². The first kappa shape index (κ1) is 14.8. The molecule has 0 heterocycles. The van der Waals surface area contributed by atoms with Gasteiger partial charge in [-0.1, -0.05) is 26.7 Å². The van der Waals surface area contributed by atoms with Crippen LogP contribution in [0.4, 0.5) is 0 Å². The molecule has 1 amide bonds. The molecule has 0 saturated heterocycles. The van der Waals surface area contributed by atoms with E-state index in [-0.39, 0.29) is 11.9 Å². The van der Waals surface area contributed by atoms with Gasteiger partial charge < -0.3 is 10.6 Å². The molecule has 1 unspecified atom stereocenters. The molecule has 0 aromatic heterocycles. The van der Waals surface area contributed by atoms with E-state index < -0.39 is 0 Å². The van der Waals surface area contributed by atoms with E-state index in [1.54, 1.807) is 0 Å². The molecule has 3 heteroatoms. The first-order valence-corrected chi connectivity index (χ1v) is 8.03. The minimum absolute atomic E-state index is 0.0492. The van der Waals surface area contributed by atoms with Crippen molar-refractivity contribution in [1.82, 2.24) is 10.6 Å². The summed E-state index contributed by atoms with van der Waals surface area (Å²) in [7, 11) is 0. The molecule has 2 aliphatic carbocycles. The van der Waals surface area contributed by atoms with Crippen molar-refractivity contribution < 1.29 is 4.79 Å². The van der Waals surface area contributed by atoms with E-state index in [1.807, 2.05) is 6.92 Å². The number of carbonyl (C=O) groups is 1. The third-order valence-corrected chi connectivity index (χ3v) is 4.92. The summed E-state index contributed by atoms with van der Waals surface area (Å²) in [4.78, 5) is 12.1. The normalized spacial score (nSPS) is 26.3. The van der Waals surface area contributed by atoms with E-state index in [0.717, 1.165) is 12.8 Å². The predicted octanol–water partition coefficient (Wildman–Crippen LogP) is 2.99. The Hall–Kier alpha value is -0.570. The van der Waals surface area contributed by atoms with Crippen molar-refractivity contribution in [3.05, 3.63) is 0 Å². The van der Waals surface area contributed by atoms with Gasteiger partial charge in [0.1, 0.15) is 0 Å². The third kappa shape index (κ3) is 4.48. The number of rotatable bonds is 4. The van der Waals surface area contributed by atoms with Crippen LogP contribution in [0.25, 0.3) is 0 Å². The van der Waals surface area contributed by atoms with Gasteiger partial charge in [-0.15, -0.1) is 0 Å². The number of amides is 1. The van der Waals surface area contributed by atoms with E-state index >= 15 is 0 Å². The summed E-state index contributed by atoms with van der Waals surface area (Å²) in [5.41, 5.74) is 0.494. The molecule has 110 valence electrons. The Morgan fingerprint density at radius 2 is 1.63 bits per heavy atom. The van der Waals surface area contributed by atoms with Gasteiger partial charge in [-0.2, -0.15) is 0 Å². The van der Waals surface area contributed by atoms with Crippen molar-refractivity contribution in [3.63, 3.8) is 0 Å². The highest BCUT2D eigenvalue weighted by atomic mass is 16.2. The van der Waals surface area contributed by atoms with Crippen LogP contribution in [0.5, 0.6) is 0 Å². The summed E-state index contributed by atoms with van der Waals surface area (Å²) < 4.78 is 0. The number of hydrogen-bond acceptors (Lipinski definition) is 2. The molecular formula is C16H30N2O. The Bertz CT molecular complexity index is 298. The quantitative estimate of drug-likeness (QED) is 0.821. The first-order valence-electron chi connectivity index (χ1n) is 8.03. The van der Waals surface area contributed by atoms with E-state index in [2.05, 4.69) is 24.5 Å². The minimum Gasteiger partial charge on any atom is -0.352 e. The summed E-state index contributed by atoms with van der Waals surface area (Å²) in [5, 5.41) is 6.70. The molecule has 0 aliphatic heterocycles. The third-order valence-electron chi connectivity index (χ3n) is 4.92. The van der Waals surface area contributed by atoms with E-state index in [9.17, 15) is 4.79 Å². The van der Waals surface area contributed by atoms with Crippen molar-refractivity contribution in [1.29, 1.82) is 0 Å². The Labute approximate surface area is 117 Å². The second-order valence-corrected chi connectivity index (χ2v) is 7.32. The van der Waals surface area contributed by atoms with Gasteiger partial charge >= 0.3 is 0 Å². The van der Waals surface area contributed by atoms with Crippen LogP contribution in [0.3, 0.4) is 0 Å². The second-order valence-electron chi connectivity index (χ2n) is 7.32. The van der Waals surface area contributed by atoms with E-state index in [0.29, 0.717) is 17.5 Å². The summed E-state index contributed by atoms with van der Waals surface area (Å²) in [6.45, 7) is 6.70. The summed E-state index contributed by atoms with van der Waals surface area (Å²) >= 11 is 0. The lowest BCUT2D eigenvalue weighted by atomic mass is 9.75. The van der Waals surface area contributed by atoms with Crippen LogP contribution in [0, 0.1) is 5.41 Å². The number of hydrogen-bond donors (Lipinski definition) is 2. The average molecular weight is 266 g/mol. The molecule has 0 aromatic carbocycles. The highest BCUT2D eigenvalue weighted by molar-refractivity contribution is 5.81. The Balaban J connectivity index is 1.71. The Kier molecular flexibility index (Phi) is 4.88. The van der Waals surface area contributed by atoms with Crippen molar-refractivity contribution in [2.75, 3.05) is 0 Å².